The van der Waals surface area contributed by atoms with Gasteiger partial charge in [0.2, 0.25) is 10.7 Å². The molecule has 0 atom stereocenters. The molecule has 2 aromatic heterocycles. The number of nitrogens with zero attached hydrogens (tertiary/aromatic N) is 5. The summed E-state index contributed by atoms with van der Waals surface area (Å²) < 4.78 is 6.41. The van der Waals surface area contributed by atoms with E-state index in [2.05, 4.69) is 20.3 Å². The predicted molar refractivity (Wildman–Crippen MR) is 122 cm³/mol. The van der Waals surface area contributed by atoms with E-state index in [1.165, 1.54) is 11.4 Å². The number of hydrogen-bond donors (Lipinski definition) is 1. The Labute approximate surface area is 190 Å². The maximum Gasteiger partial charge on any atom is 0.362 e. The van der Waals surface area contributed by atoms with E-state index in [0.29, 0.717) is 22.2 Å². The van der Waals surface area contributed by atoms with Crippen LogP contribution in [0.2, 0.25) is 0 Å². The average Bonchev–Trinajstić information content (AvgIpc) is 3.24. The van der Waals surface area contributed by atoms with Crippen LogP contribution in [-0.4, -0.2) is 38.1 Å². The number of fused-ring (bicyclic) bond motifs is 3. The van der Waals surface area contributed by atoms with Crippen LogP contribution in [0.15, 0.2) is 69.3 Å². The summed E-state index contributed by atoms with van der Waals surface area (Å²) >= 11 is 0.911. The highest BCUT2D eigenvalue weighted by Gasteiger charge is 2.22. The first-order valence-corrected chi connectivity index (χ1v) is 10.6. The smallest absolute Gasteiger partial charge is 0.362 e. The van der Waals surface area contributed by atoms with Crippen molar-refractivity contribution in [1.82, 2.24) is 14.6 Å². The first-order chi connectivity index (χ1) is 15.9. The van der Waals surface area contributed by atoms with Crippen molar-refractivity contribution >= 4 is 50.4 Å². The molecule has 10 nitrogen and oxygen atoms in total. The Bertz CT molecular complexity index is 1500. The van der Waals surface area contributed by atoms with Crippen molar-refractivity contribution in [3.05, 3.63) is 75.2 Å². The van der Waals surface area contributed by atoms with Gasteiger partial charge < -0.3 is 9.84 Å². The van der Waals surface area contributed by atoms with Crippen molar-refractivity contribution in [1.29, 1.82) is 0 Å². The van der Waals surface area contributed by atoms with E-state index >= 15 is 0 Å². The van der Waals surface area contributed by atoms with Crippen LogP contribution in [0.5, 0.6) is 0 Å². The average molecular weight is 463 g/mol. The molecular weight excluding hydrogens is 446 g/mol. The molecule has 166 valence electrons. The molecule has 0 aliphatic carbocycles. The Kier molecular flexibility index (Phi) is 6.05. The van der Waals surface area contributed by atoms with Crippen LogP contribution in [0.1, 0.15) is 29.2 Å². The maximum atomic E-state index is 12.5. The van der Waals surface area contributed by atoms with Crippen molar-refractivity contribution in [3.8, 4) is 0 Å². The van der Waals surface area contributed by atoms with Gasteiger partial charge in [-0.3, -0.25) is 9.59 Å². The van der Waals surface area contributed by atoms with Gasteiger partial charge >= 0.3 is 5.97 Å². The molecular formula is C22H17N5O5S. The molecule has 0 fully saturated rings. The van der Waals surface area contributed by atoms with Crippen LogP contribution in [-0.2, 0) is 9.53 Å². The zero-order valence-corrected chi connectivity index (χ0v) is 18.4. The molecule has 2 heterocycles. The molecule has 0 aliphatic heterocycles. The molecule has 11 heteroatoms. The molecule has 0 amide bonds. The van der Waals surface area contributed by atoms with Gasteiger partial charge in [-0.1, -0.05) is 23.5 Å². The van der Waals surface area contributed by atoms with Crippen LogP contribution < -0.4 is 5.56 Å². The number of carbonyl (C=O) groups is 2. The summed E-state index contributed by atoms with van der Waals surface area (Å²) in [5, 5.41) is 23.4. The summed E-state index contributed by atoms with van der Waals surface area (Å²) in [5.41, 5.74) is 0.480. The highest BCUT2D eigenvalue weighted by atomic mass is 32.1. The predicted octanol–water partition coefficient (Wildman–Crippen LogP) is 4.08. The summed E-state index contributed by atoms with van der Waals surface area (Å²) in [4.78, 5) is 40.4. The summed E-state index contributed by atoms with van der Waals surface area (Å²) in [5.74, 6) is -1.56. The van der Waals surface area contributed by atoms with Gasteiger partial charge in [-0.2, -0.15) is 15.2 Å². The van der Waals surface area contributed by atoms with Crippen molar-refractivity contribution in [2.24, 2.45) is 10.2 Å². The number of carbonyl (C=O) groups excluding carboxylic acids is 2. The van der Waals surface area contributed by atoms with Gasteiger partial charge in [-0.25, -0.2) is 9.31 Å². The zero-order chi connectivity index (χ0) is 23.5. The number of esters is 1. The Morgan fingerprint density at radius 3 is 2.58 bits per heavy atom. The minimum atomic E-state index is -0.898. The van der Waals surface area contributed by atoms with E-state index in [0.717, 1.165) is 11.3 Å². The Hall–Kier alpha value is -4.25. The number of rotatable bonds is 6. The van der Waals surface area contributed by atoms with Gasteiger partial charge in [0.25, 0.3) is 5.56 Å². The third kappa shape index (κ3) is 4.39. The first kappa shape index (κ1) is 22.0. The van der Waals surface area contributed by atoms with Gasteiger partial charge in [0.05, 0.1) is 23.2 Å². The number of aromatic nitrogens is 3. The number of hydrogen-bond acceptors (Lipinski definition) is 10. The van der Waals surface area contributed by atoms with Gasteiger partial charge in [0.15, 0.2) is 16.6 Å². The highest BCUT2D eigenvalue weighted by molar-refractivity contribution is 7.17. The molecule has 2 aromatic carbocycles. The number of aliphatic hydroxyl groups excluding tert-OH is 1. The molecule has 0 saturated carbocycles. The molecule has 0 unspecified atom stereocenters. The molecule has 0 spiro atoms. The third-order valence-corrected chi connectivity index (χ3v) is 5.47. The van der Waals surface area contributed by atoms with E-state index in [4.69, 9.17) is 4.74 Å². The SMILES string of the molecule is CCOC(=O)/C(N=Nc1ccc(C(C)=O)cc1)=C(\O)c1nn2c(nc(=O)c3ccccc32)s1. The number of benzene rings is 2. The lowest BCUT2D eigenvalue weighted by atomic mass is 10.1. The minimum absolute atomic E-state index is 0.00665. The van der Waals surface area contributed by atoms with Crippen molar-refractivity contribution in [2.75, 3.05) is 6.61 Å². The van der Waals surface area contributed by atoms with Gasteiger partial charge in [-0.15, -0.1) is 5.11 Å². The lowest BCUT2D eigenvalue weighted by Crippen LogP contribution is -2.09. The molecule has 0 radical (unpaired) electrons. The topological polar surface area (TPSA) is 136 Å². The standard InChI is InChI=1S/C22H17N5O5S/c1-3-32-21(31)17(25-24-14-10-8-13(9-11-14)12(2)28)18(29)20-26-27-16-7-5-4-6-15(16)19(30)23-22(27)33-20/h4-11,29H,3H2,1-2H3/b18-17+,25-24?. The normalized spacial score (nSPS) is 12.3. The summed E-state index contributed by atoms with van der Waals surface area (Å²) in [6.07, 6.45) is 0. The third-order valence-electron chi connectivity index (χ3n) is 4.55. The largest absolute Gasteiger partial charge is 0.503 e. The summed E-state index contributed by atoms with van der Waals surface area (Å²) in [7, 11) is 0. The lowest BCUT2D eigenvalue weighted by molar-refractivity contribution is -0.138. The van der Waals surface area contributed by atoms with Crippen molar-refractivity contribution in [2.45, 2.75) is 13.8 Å². The number of azo groups is 1. The molecule has 0 saturated heterocycles. The number of para-hydroxylation sites is 1. The van der Waals surface area contributed by atoms with Crippen LogP contribution in [0.3, 0.4) is 0 Å². The molecule has 4 aromatic rings. The Morgan fingerprint density at radius 2 is 1.88 bits per heavy atom. The molecule has 33 heavy (non-hydrogen) atoms. The fourth-order valence-electron chi connectivity index (χ4n) is 2.95. The molecule has 0 aliphatic rings. The number of ether oxygens (including phenoxy) is 1. The quantitative estimate of drug-likeness (QED) is 0.150. The van der Waals surface area contributed by atoms with Crippen molar-refractivity contribution < 1.29 is 19.4 Å². The number of Topliss-reactive ketones (excluding diaryl/α,β-unsaturated/α-hetero) is 1. The number of aliphatic hydroxyl groups is 1. The van der Waals surface area contributed by atoms with Crippen LogP contribution >= 0.6 is 11.3 Å². The fourth-order valence-corrected chi connectivity index (χ4v) is 3.79. The second-order valence-electron chi connectivity index (χ2n) is 6.76. The van der Waals surface area contributed by atoms with E-state index in [1.54, 1.807) is 55.5 Å². The van der Waals surface area contributed by atoms with Crippen LogP contribution in [0.25, 0.3) is 21.6 Å². The summed E-state index contributed by atoms with van der Waals surface area (Å²) in [6, 6.07) is 13.0. The Morgan fingerprint density at radius 1 is 1.15 bits per heavy atom. The second-order valence-corrected chi connectivity index (χ2v) is 7.71. The van der Waals surface area contributed by atoms with E-state index < -0.39 is 23.0 Å². The van der Waals surface area contributed by atoms with Gasteiger partial charge in [0.1, 0.15) is 0 Å². The van der Waals surface area contributed by atoms with E-state index in [1.807, 2.05) is 0 Å². The van der Waals surface area contributed by atoms with Gasteiger partial charge in [-0.05, 0) is 50.2 Å². The monoisotopic (exact) mass is 463 g/mol. The van der Waals surface area contributed by atoms with Crippen LogP contribution in [0.4, 0.5) is 5.69 Å². The maximum absolute atomic E-state index is 12.5. The fraction of sp³-hybridized carbons (Fsp3) is 0.136. The molecule has 1 N–H and O–H groups in total. The van der Waals surface area contributed by atoms with E-state index in [-0.39, 0.29) is 22.4 Å². The van der Waals surface area contributed by atoms with Gasteiger partial charge in [0, 0.05) is 5.56 Å². The zero-order valence-electron chi connectivity index (χ0n) is 17.6. The lowest BCUT2D eigenvalue weighted by Gasteiger charge is -2.03. The summed E-state index contributed by atoms with van der Waals surface area (Å²) in [6.45, 7) is 3.11. The van der Waals surface area contributed by atoms with E-state index in [9.17, 15) is 19.5 Å². The second kappa shape index (κ2) is 9.09. The highest BCUT2D eigenvalue weighted by Crippen LogP contribution is 2.26. The molecule has 0 bridgehead atoms. The number of ketones is 1. The van der Waals surface area contributed by atoms with Crippen LogP contribution in [0, 0.1) is 0 Å². The minimum Gasteiger partial charge on any atom is -0.503 e. The molecule has 4 rings (SSSR count). The Balaban J connectivity index is 1.80. The van der Waals surface area contributed by atoms with Crippen molar-refractivity contribution in [3.63, 3.8) is 0 Å². The first-order valence-electron chi connectivity index (χ1n) is 9.81.